The molecule has 11 nitrogen and oxygen atoms in total. The van der Waals surface area contributed by atoms with Crippen molar-refractivity contribution in [3.05, 3.63) is 179 Å². The topological polar surface area (TPSA) is 98.1 Å². The molecule has 6 aromatic carbocycles. The van der Waals surface area contributed by atoms with Gasteiger partial charge >= 0.3 is 12.1 Å². The van der Waals surface area contributed by atoms with Crippen LogP contribution in [-0.2, 0) is 16.9 Å². The van der Waals surface area contributed by atoms with Gasteiger partial charge in [-0.2, -0.15) is 15.1 Å². The van der Waals surface area contributed by atoms with E-state index in [9.17, 15) is 4.79 Å². The summed E-state index contributed by atoms with van der Waals surface area (Å²) in [6, 6.07) is 45.7. The molecule has 0 N–H and O–H groups in total. The Morgan fingerprint density at radius 1 is 0.753 bits per heavy atom. The number of likely N-dealkylation sites (N-methyl/N-ethyl adjacent to an activating group) is 1. The summed E-state index contributed by atoms with van der Waals surface area (Å²) in [5, 5.41) is 7.07. The van der Waals surface area contributed by atoms with Crippen LogP contribution < -0.4 is 14.4 Å². The summed E-state index contributed by atoms with van der Waals surface area (Å²) in [4.78, 5) is 30.7. The molecule has 8 aromatic rings. The van der Waals surface area contributed by atoms with Gasteiger partial charge in [-0.15, -0.1) is 0 Å². The highest BCUT2D eigenvalue weighted by Crippen LogP contribution is 2.54. The number of fused-ring (bicyclic) bond motifs is 4. The van der Waals surface area contributed by atoms with Gasteiger partial charge in [-0.05, 0) is 119 Å². The predicted octanol–water partition coefficient (Wildman–Crippen LogP) is 12.1. The minimum absolute atomic E-state index is 0.00258. The number of piperazine rings is 1. The van der Waals surface area contributed by atoms with Crippen molar-refractivity contribution in [1.82, 2.24) is 29.5 Å². The summed E-state index contributed by atoms with van der Waals surface area (Å²) >= 11 is 0. The molecule has 372 valence electrons. The SMILES string of the molecule is Cc1c(F)cc2nn(C(c3ccccc3)(c3ccccc3)c3ccccc3)cc2c1-c1c(C2CC2)cc2c(N3C[C@@H]4C[C@H]3CN4C(=O)OC(C)(C)C)nc(OC[C@@H]3CCCN3C)nc2c1OCc1ccccc1. The number of likely N-dealkylation sites (tertiary alicyclic amines) is 2. The van der Waals surface area contributed by atoms with E-state index in [4.69, 9.17) is 29.3 Å². The van der Waals surface area contributed by atoms with Crippen molar-refractivity contribution in [2.45, 2.75) is 102 Å². The first-order chi connectivity index (χ1) is 35.4. The molecule has 3 atom stereocenters. The average molecular weight is 976 g/mol. The van der Waals surface area contributed by atoms with E-state index in [2.05, 4.69) is 114 Å². The molecule has 3 aliphatic heterocycles. The van der Waals surface area contributed by atoms with Crippen LogP contribution in [0.1, 0.15) is 92.2 Å². The number of nitrogens with zero attached hydrogens (tertiary/aromatic N) is 7. The molecule has 12 rings (SSSR count). The number of halogens is 1. The van der Waals surface area contributed by atoms with E-state index in [0.717, 1.165) is 94.2 Å². The number of carbonyl (C=O) groups excluding carboxylic acids is 1. The van der Waals surface area contributed by atoms with Gasteiger partial charge in [0.25, 0.3) is 0 Å². The highest BCUT2D eigenvalue weighted by molar-refractivity contribution is 6.06. The highest BCUT2D eigenvalue weighted by Gasteiger charge is 2.48. The monoisotopic (exact) mass is 975 g/mol. The van der Waals surface area contributed by atoms with Gasteiger partial charge < -0.3 is 28.9 Å². The molecule has 5 heterocycles. The van der Waals surface area contributed by atoms with Crippen molar-refractivity contribution < 1.29 is 23.4 Å². The number of benzene rings is 6. The van der Waals surface area contributed by atoms with Crippen LogP contribution in [-0.4, -0.2) is 92.7 Å². The van der Waals surface area contributed by atoms with Gasteiger partial charge in [-0.1, -0.05) is 121 Å². The van der Waals surface area contributed by atoms with Crippen LogP contribution in [0.3, 0.4) is 0 Å². The van der Waals surface area contributed by atoms with Crippen molar-refractivity contribution in [2.24, 2.45) is 0 Å². The maximum atomic E-state index is 17.2. The van der Waals surface area contributed by atoms with Crippen LogP contribution in [0.25, 0.3) is 32.9 Å². The molecule has 1 aliphatic carbocycles. The van der Waals surface area contributed by atoms with Gasteiger partial charge in [0.2, 0.25) is 0 Å². The van der Waals surface area contributed by atoms with Crippen LogP contribution in [0.5, 0.6) is 11.8 Å². The molecule has 1 saturated carbocycles. The van der Waals surface area contributed by atoms with Gasteiger partial charge in [-0.3, -0.25) is 4.68 Å². The lowest BCUT2D eigenvalue weighted by molar-refractivity contribution is 0.0214. The first kappa shape index (κ1) is 46.7. The minimum Gasteiger partial charge on any atom is -0.486 e. The van der Waals surface area contributed by atoms with Crippen molar-refractivity contribution in [1.29, 1.82) is 0 Å². The van der Waals surface area contributed by atoms with Gasteiger partial charge in [0, 0.05) is 53.3 Å². The maximum Gasteiger partial charge on any atom is 0.410 e. The van der Waals surface area contributed by atoms with Crippen molar-refractivity contribution >= 4 is 33.7 Å². The number of carbonyl (C=O) groups is 1. The molecule has 2 aromatic heterocycles. The fourth-order valence-corrected chi connectivity index (χ4v) is 11.8. The molecule has 4 fully saturated rings. The standard InChI is InChI=1S/C61H62FN7O4/c1-39-51(62)33-52-50(36-69(65-52)61(42-21-12-7-13-22-42,43-23-14-8-15-24-43)44-25-16-9-17-26-44)53(39)54-48(41-28-29-41)32-49-55(56(54)71-37-40-19-10-6-11-20-40)63-58(72-38-45-27-18-30-66(45)5)64-57(49)67-34-47-31-46(67)35-68(47)59(70)73-60(2,3)4/h6-17,19-26,32-33,36,41,45-47H,18,27-31,34-35,37-38H2,1-5H3/t45-,46-,47-/m0/s1. The zero-order chi connectivity index (χ0) is 50.0. The number of anilines is 1. The van der Waals surface area contributed by atoms with Crippen LogP contribution in [0.2, 0.25) is 0 Å². The first-order valence-corrected chi connectivity index (χ1v) is 25.9. The molecule has 2 bridgehead atoms. The predicted molar refractivity (Wildman–Crippen MR) is 284 cm³/mol. The lowest BCUT2D eigenvalue weighted by Crippen LogP contribution is -2.50. The van der Waals surface area contributed by atoms with Crippen LogP contribution in [0, 0.1) is 12.7 Å². The lowest BCUT2D eigenvalue weighted by Gasteiger charge is -2.36. The fraction of sp³-hybridized carbons (Fsp3) is 0.344. The average Bonchev–Trinajstić information content (AvgIpc) is 3.62. The fourth-order valence-electron chi connectivity index (χ4n) is 11.8. The van der Waals surface area contributed by atoms with E-state index in [-0.39, 0.29) is 48.6 Å². The number of hydrogen-bond acceptors (Lipinski definition) is 9. The number of ether oxygens (including phenoxy) is 3. The molecular weight excluding hydrogens is 914 g/mol. The van der Waals surface area contributed by atoms with Crippen LogP contribution in [0.15, 0.2) is 140 Å². The normalized spacial score (nSPS) is 19.1. The second kappa shape index (κ2) is 18.6. The summed E-state index contributed by atoms with van der Waals surface area (Å²) in [6.07, 6.45) is 6.68. The Balaban J connectivity index is 1.10. The Labute approximate surface area is 426 Å². The van der Waals surface area contributed by atoms with Crippen LogP contribution >= 0.6 is 0 Å². The van der Waals surface area contributed by atoms with E-state index in [0.29, 0.717) is 42.0 Å². The zero-order valence-electron chi connectivity index (χ0n) is 42.3. The van der Waals surface area contributed by atoms with E-state index < -0.39 is 11.1 Å². The molecule has 0 spiro atoms. The summed E-state index contributed by atoms with van der Waals surface area (Å²) < 4.78 is 39.1. The largest absolute Gasteiger partial charge is 0.486 e. The molecule has 0 unspecified atom stereocenters. The Morgan fingerprint density at radius 2 is 1.40 bits per heavy atom. The van der Waals surface area contributed by atoms with E-state index >= 15 is 4.39 Å². The highest BCUT2D eigenvalue weighted by atomic mass is 19.1. The van der Waals surface area contributed by atoms with Crippen molar-refractivity contribution in [3.8, 4) is 22.9 Å². The Kier molecular flexibility index (Phi) is 11.9. The van der Waals surface area contributed by atoms with Crippen molar-refractivity contribution in [3.63, 3.8) is 0 Å². The maximum absolute atomic E-state index is 17.2. The first-order valence-electron chi connectivity index (χ1n) is 25.9. The number of rotatable bonds is 13. The molecule has 1 amide bonds. The molecule has 4 aliphatic rings. The second-order valence-electron chi connectivity index (χ2n) is 21.5. The van der Waals surface area contributed by atoms with Gasteiger partial charge in [0.15, 0.2) is 5.75 Å². The third-order valence-corrected chi connectivity index (χ3v) is 15.6. The third kappa shape index (κ3) is 8.53. The molecule has 12 heteroatoms. The van der Waals surface area contributed by atoms with Gasteiger partial charge in [-0.25, -0.2) is 9.18 Å². The van der Waals surface area contributed by atoms with Crippen LogP contribution in [0.4, 0.5) is 15.0 Å². The Morgan fingerprint density at radius 3 is 1.97 bits per heavy atom. The smallest absolute Gasteiger partial charge is 0.410 e. The quantitative estimate of drug-likeness (QED) is 0.105. The second-order valence-corrected chi connectivity index (χ2v) is 21.5. The summed E-state index contributed by atoms with van der Waals surface area (Å²) in [5.41, 5.74) is 6.70. The third-order valence-electron chi connectivity index (χ3n) is 15.6. The zero-order valence-corrected chi connectivity index (χ0v) is 42.3. The lowest BCUT2D eigenvalue weighted by atomic mass is 9.77. The van der Waals surface area contributed by atoms with E-state index in [1.165, 1.54) is 0 Å². The number of amides is 1. The van der Waals surface area contributed by atoms with Gasteiger partial charge in [0.1, 0.15) is 41.5 Å². The summed E-state index contributed by atoms with van der Waals surface area (Å²) in [5.74, 6) is 1.13. The number of aromatic nitrogens is 4. The Hall–Kier alpha value is -7.31. The summed E-state index contributed by atoms with van der Waals surface area (Å²) in [6.45, 7) is 10.4. The van der Waals surface area contributed by atoms with E-state index in [1.54, 1.807) is 6.07 Å². The minimum atomic E-state index is -0.935. The molecule has 73 heavy (non-hydrogen) atoms. The Bertz CT molecular complexity index is 3230. The summed E-state index contributed by atoms with van der Waals surface area (Å²) in [7, 11) is 2.14. The molecular formula is C61H62FN7O4. The van der Waals surface area contributed by atoms with Gasteiger partial charge in [0.05, 0.1) is 17.6 Å². The molecule has 0 radical (unpaired) electrons. The number of hydrogen-bond donors (Lipinski definition) is 0. The molecule has 3 saturated heterocycles. The van der Waals surface area contributed by atoms with E-state index in [1.807, 2.05) is 73.7 Å². The van der Waals surface area contributed by atoms with Crippen molar-refractivity contribution in [2.75, 3.05) is 38.2 Å².